The summed E-state index contributed by atoms with van der Waals surface area (Å²) >= 11 is 7.80. The Kier molecular flexibility index (Phi) is 4.46. The third kappa shape index (κ3) is 3.49. The smallest absolute Gasteiger partial charge is 0.0562 e. The molecule has 13 heavy (non-hydrogen) atoms. The molecule has 0 atom stereocenters. The van der Waals surface area contributed by atoms with Crippen molar-refractivity contribution in [1.82, 2.24) is 0 Å². The lowest BCUT2D eigenvalue weighted by Crippen LogP contribution is -1.85. The maximum atomic E-state index is 6.01. The second-order valence-corrected chi connectivity index (χ2v) is 4.44. The van der Waals surface area contributed by atoms with Gasteiger partial charge >= 0.3 is 0 Å². The lowest BCUT2D eigenvalue weighted by Gasteiger charge is -2.03. The second kappa shape index (κ2) is 5.40. The molecule has 0 saturated heterocycles. The molecule has 0 unspecified atom stereocenters. The molecule has 0 aliphatic heterocycles. The number of hydrogen-bond acceptors (Lipinski definition) is 2. The van der Waals surface area contributed by atoms with Crippen LogP contribution in [0, 0.1) is 0 Å². The minimum atomic E-state index is 0.727. The zero-order valence-electron chi connectivity index (χ0n) is 7.72. The Labute approximate surface area is 88.7 Å². The summed E-state index contributed by atoms with van der Waals surface area (Å²) < 4.78 is 0. The molecule has 1 aromatic carbocycles. The highest BCUT2D eigenvalue weighted by Crippen LogP contribution is 2.29. The van der Waals surface area contributed by atoms with E-state index in [1.807, 2.05) is 12.1 Å². The van der Waals surface area contributed by atoms with E-state index in [1.54, 1.807) is 17.8 Å². The van der Waals surface area contributed by atoms with Crippen molar-refractivity contribution in [2.75, 3.05) is 11.5 Å². The quantitative estimate of drug-likeness (QED) is 0.470. The van der Waals surface area contributed by atoms with Gasteiger partial charge in [-0.3, -0.25) is 0 Å². The summed E-state index contributed by atoms with van der Waals surface area (Å²) in [6.07, 6.45) is 2.45. The SMILES string of the molecule is CCCCSc1ccc(N)cc1Cl. The number of rotatable bonds is 4. The third-order valence-corrected chi connectivity index (χ3v) is 3.30. The van der Waals surface area contributed by atoms with E-state index in [0.717, 1.165) is 21.4 Å². The molecule has 0 heterocycles. The molecule has 0 saturated carbocycles. The van der Waals surface area contributed by atoms with Crippen molar-refractivity contribution in [2.24, 2.45) is 0 Å². The number of hydrogen-bond donors (Lipinski definition) is 1. The van der Waals surface area contributed by atoms with Gasteiger partial charge < -0.3 is 5.73 Å². The van der Waals surface area contributed by atoms with Gasteiger partial charge in [-0.15, -0.1) is 11.8 Å². The Balaban J connectivity index is 2.56. The highest BCUT2D eigenvalue weighted by Gasteiger charge is 2.00. The molecule has 0 aliphatic rings. The van der Waals surface area contributed by atoms with E-state index in [1.165, 1.54) is 12.8 Å². The number of anilines is 1. The van der Waals surface area contributed by atoms with Crippen LogP contribution >= 0.6 is 23.4 Å². The molecule has 0 aromatic heterocycles. The minimum Gasteiger partial charge on any atom is -0.399 e. The predicted octanol–water partition coefficient (Wildman–Crippen LogP) is 3.81. The largest absolute Gasteiger partial charge is 0.399 e. The second-order valence-electron chi connectivity index (χ2n) is 2.89. The first kappa shape index (κ1) is 10.7. The van der Waals surface area contributed by atoms with Crippen LogP contribution in [0.2, 0.25) is 5.02 Å². The van der Waals surface area contributed by atoms with Crippen molar-refractivity contribution in [3.8, 4) is 0 Å². The Hall–Kier alpha value is -0.340. The monoisotopic (exact) mass is 215 g/mol. The Morgan fingerprint density at radius 3 is 2.85 bits per heavy atom. The Bertz CT molecular complexity index is 276. The highest BCUT2D eigenvalue weighted by atomic mass is 35.5. The molecule has 2 N–H and O–H groups in total. The van der Waals surface area contributed by atoms with Crippen LogP contribution in [0.3, 0.4) is 0 Å². The molecule has 72 valence electrons. The van der Waals surface area contributed by atoms with E-state index in [9.17, 15) is 0 Å². The average Bonchev–Trinajstić information content (AvgIpc) is 2.09. The number of nitrogens with two attached hydrogens (primary N) is 1. The summed E-state index contributed by atoms with van der Waals surface area (Å²) in [6, 6.07) is 5.67. The van der Waals surface area contributed by atoms with Gasteiger partial charge in [0, 0.05) is 10.6 Å². The van der Waals surface area contributed by atoms with Gasteiger partial charge in [0.25, 0.3) is 0 Å². The Morgan fingerprint density at radius 2 is 2.23 bits per heavy atom. The van der Waals surface area contributed by atoms with E-state index in [4.69, 9.17) is 17.3 Å². The minimum absolute atomic E-state index is 0.727. The van der Waals surface area contributed by atoms with E-state index < -0.39 is 0 Å². The van der Waals surface area contributed by atoms with Crippen molar-refractivity contribution < 1.29 is 0 Å². The average molecular weight is 216 g/mol. The van der Waals surface area contributed by atoms with Gasteiger partial charge in [-0.1, -0.05) is 24.9 Å². The van der Waals surface area contributed by atoms with Crippen LogP contribution in [-0.4, -0.2) is 5.75 Å². The zero-order valence-corrected chi connectivity index (χ0v) is 9.29. The standard InChI is InChI=1S/C10H14ClNS/c1-2-3-6-13-10-5-4-8(12)7-9(10)11/h4-5,7H,2-3,6,12H2,1H3. The number of benzene rings is 1. The molecule has 1 nitrogen and oxygen atoms in total. The van der Waals surface area contributed by atoms with Gasteiger partial charge in [-0.05, 0) is 30.4 Å². The fraction of sp³-hybridized carbons (Fsp3) is 0.400. The Morgan fingerprint density at radius 1 is 1.46 bits per heavy atom. The van der Waals surface area contributed by atoms with Crippen LogP contribution in [0.15, 0.2) is 23.1 Å². The van der Waals surface area contributed by atoms with Gasteiger partial charge in [-0.25, -0.2) is 0 Å². The van der Waals surface area contributed by atoms with Crippen LogP contribution in [-0.2, 0) is 0 Å². The van der Waals surface area contributed by atoms with E-state index >= 15 is 0 Å². The number of thioether (sulfide) groups is 1. The molecule has 0 spiro atoms. The summed E-state index contributed by atoms with van der Waals surface area (Å²) in [6.45, 7) is 2.19. The highest BCUT2D eigenvalue weighted by molar-refractivity contribution is 7.99. The van der Waals surface area contributed by atoms with Gasteiger partial charge in [0.2, 0.25) is 0 Å². The van der Waals surface area contributed by atoms with Crippen LogP contribution in [0.25, 0.3) is 0 Å². The molecule has 3 heteroatoms. The number of nitrogen functional groups attached to an aromatic ring is 1. The summed E-state index contributed by atoms with van der Waals surface area (Å²) in [5.41, 5.74) is 6.32. The maximum absolute atomic E-state index is 6.01. The van der Waals surface area contributed by atoms with Crippen LogP contribution in [0.1, 0.15) is 19.8 Å². The topological polar surface area (TPSA) is 26.0 Å². The van der Waals surface area contributed by atoms with E-state index in [2.05, 4.69) is 6.92 Å². The summed E-state index contributed by atoms with van der Waals surface area (Å²) in [5, 5.41) is 0.765. The molecule has 0 aliphatic carbocycles. The first-order chi connectivity index (χ1) is 6.24. The fourth-order valence-corrected chi connectivity index (χ4v) is 2.33. The van der Waals surface area contributed by atoms with Crippen LogP contribution < -0.4 is 5.73 Å². The number of halogens is 1. The van der Waals surface area contributed by atoms with Gasteiger partial charge in [0.05, 0.1) is 5.02 Å². The van der Waals surface area contributed by atoms with Crippen molar-refractivity contribution in [3.63, 3.8) is 0 Å². The van der Waals surface area contributed by atoms with E-state index in [-0.39, 0.29) is 0 Å². The fourth-order valence-electron chi connectivity index (χ4n) is 0.961. The normalized spacial score (nSPS) is 10.3. The first-order valence-electron chi connectivity index (χ1n) is 4.42. The van der Waals surface area contributed by atoms with Crippen LogP contribution in [0.5, 0.6) is 0 Å². The summed E-state index contributed by atoms with van der Waals surface area (Å²) in [7, 11) is 0. The molecule has 1 rings (SSSR count). The van der Waals surface area contributed by atoms with Crippen LogP contribution in [0.4, 0.5) is 5.69 Å². The number of unbranched alkanes of at least 4 members (excludes halogenated alkanes) is 1. The van der Waals surface area contributed by atoms with Crippen molar-refractivity contribution in [3.05, 3.63) is 23.2 Å². The maximum Gasteiger partial charge on any atom is 0.0562 e. The van der Waals surface area contributed by atoms with Crippen molar-refractivity contribution in [2.45, 2.75) is 24.7 Å². The molecule has 1 aromatic rings. The lowest BCUT2D eigenvalue weighted by atomic mass is 10.3. The first-order valence-corrected chi connectivity index (χ1v) is 5.78. The van der Waals surface area contributed by atoms with Crippen molar-refractivity contribution >= 4 is 29.1 Å². The molecular weight excluding hydrogens is 202 g/mol. The molecule has 0 fully saturated rings. The third-order valence-electron chi connectivity index (χ3n) is 1.71. The van der Waals surface area contributed by atoms with Gasteiger partial charge in [-0.2, -0.15) is 0 Å². The molecule has 0 amide bonds. The molecule has 0 radical (unpaired) electrons. The molecular formula is C10H14ClNS. The molecule has 0 bridgehead atoms. The lowest BCUT2D eigenvalue weighted by molar-refractivity contribution is 0.896. The summed E-state index contributed by atoms with van der Waals surface area (Å²) in [5.74, 6) is 1.13. The van der Waals surface area contributed by atoms with Gasteiger partial charge in [0.15, 0.2) is 0 Å². The van der Waals surface area contributed by atoms with Crippen molar-refractivity contribution in [1.29, 1.82) is 0 Å². The van der Waals surface area contributed by atoms with E-state index in [0.29, 0.717) is 0 Å². The summed E-state index contributed by atoms with van der Waals surface area (Å²) in [4.78, 5) is 1.13. The van der Waals surface area contributed by atoms with Gasteiger partial charge in [0.1, 0.15) is 0 Å². The zero-order chi connectivity index (χ0) is 9.68. The predicted molar refractivity (Wildman–Crippen MR) is 61.5 cm³/mol.